The van der Waals surface area contributed by atoms with Crippen LogP contribution in [-0.4, -0.2) is 12.0 Å². The Morgan fingerprint density at radius 2 is 1.57 bits per heavy atom. The van der Waals surface area contributed by atoms with Crippen molar-refractivity contribution in [3.05, 3.63) is 0 Å². The van der Waals surface area contributed by atoms with E-state index in [4.69, 9.17) is 5.73 Å². The van der Waals surface area contributed by atoms with Crippen LogP contribution in [0.1, 0.15) is 39.5 Å². The highest BCUT2D eigenvalue weighted by Gasteiger charge is 2.59. The van der Waals surface area contributed by atoms with Gasteiger partial charge in [0.1, 0.15) is 0 Å². The molecule has 0 amide bonds. The van der Waals surface area contributed by atoms with Crippen molar-refractivity contribution in [1.29, 1.82) is 0 Å². The topological polar surface area (TPSA) is 26.0 Å². The van der Waals surface area contributed by atoms with Gasteiger partial charge in [-0.05, 0) is 30.1 Å². The molecule has 2 rings (SSSR count). The molecule has 0 saturated heterocycles. The van der Waals surface area contributed by atoms with Crippen LogP contribution >= 0.6 is 0 Å². The maximum atomic E-state index is 12.9. The van der Waals surface area contributed by atoms with E-state index >= 15 is 0 Å². The lowest BCUT2D eigenvalue weighted by atomic mass is 9.81. The molecule has 0 radical (unpaired) electrons. The van der Waals surface area contributed by atoms with Gasteiger partial charge in [0, 0.05) is 18.9 Å². The van der Waals surface area contributed by atoms with Gasteiger partial charge in [0.25, 0.3) is 0 Å². The van der Waals surface area contributed by atoms with E-state index in [9.17, 15) is 8.78 Å². The summed E-state index contributed by atoms with van der Waals surface area (Å²) in [6, 6.07) is 0.235. The fourth-order valence-corrected chi connectivity index (χ4v) is 3.04. The van der Waals surface area contributed by atoms with Gasteiger partial charge in [-0.25, -0.2) is 8.78 Å². The molecular formula is C11H19F2N. The smallest absolute Gasteiger partial charge is 0.248 e. The summed E-state index contributed by atoms with van der Waals surface area (Å²) in [6.45, 7) is 4.30. The molecule has 0 aromatic rings. The third-order valence-electron chi connectivity index (χ3n) is 4.27. The summed E-state index contributed by atoms with van der Waals surface area (Å²) < 4.78 is 25.8. The molecule has 2 aliphatic carbocycles. The minimum Gasteiger partial charge on any atom is -0.327 e. The van der Waals surface area contributed by atoms with Crippen LogP contribution in [0.2, 0.25) is 0 Å². The Hall–Kier alpha value is -0.180. The van der Waals surface area contributed by atoms with E-state index in [-0.39, 0.29) is 24.3 Å². The number of hydrogen-bond donors (Lipinski definition) is 1. The van der Waals surface area contributed by atoms with Crippen LogP contribution < -0.4 is 5.73 Å². The van der Waals surface area contributed by atoms with Crippen molar-refractivity contribution in [3.63, 3.8) is 0 Å². The van der Waals surface area contributed by atoms with Crippen LogP contribution in [0.5, 0.6) is 0 Å². The van der Waals surface area contributed by atoms with E-state index in [0.29, 0.717) is 24.7 Å². The molecule has 1 nitrogen and oxygen atoms in total. The van der Waals surface area contributed by atoms with Crippen molar-refractivity contribution < 1.29 is 8.78 Å². The molecule has 3 heteroatoms. The minimum atomic E-state index is -2.40. The van der Waals surface area contributed by atoms with Gasteiger partial charge in [0.2, 0.25) is 5.92 Å². The van der Waals surface area contributed by atoms with E-state index in [2.05, 4.69) is 13.8 Å². The van der Waals surface area contributed by atoms with Crippen molar-refractivity contribution in [2.24, 2.45) is 23.0 Å². The highest BCUT2D eigenvalue weighted by atomic mass is 19.3. The van der Waals surface area contributed by atoms with Crippen LogP contribution in [0.4, 0.5) is 8.78 Å². The third kappa shape index (κ3) is 1.56. The van der Waals surface area contributed by atoms with Crippen LogP contribution in [0.3, 0.4) is 0 Å². The first-order valence-corrected chi connectivity index (χ1v) is 5.48. The number of rotatable bonds is 1. The number of alkyl halides is 2. The zero-order valence-electron chi connectivity index (χ0n) is 8.89. The van der Waals surface area contributed by atoms with Gasteiger partial charge in [-0.15, -0.1) is 0 Å². The van der Waals surface area contributed by atoms with Crippen molar-refractivity contribution in [2.75, 3.05) is 0 Å². The Balaban J connectivity index is 1.92. The lowest BCUT2D eigenvalue weighted by molar-refractivity contribution is -0.0493. The summed E-state index contributed by atoms with van der Waals surface area (Å²) in [5.74, 6) is -1.47. The Morgan fingerprint density at radius 3 is 1.93 bits per heavy atom. The Kier molecular flexibility index (Phi) is 2.15. The molecule has 0 unspecified atom stereocenters. The zero-order chi connectivity index (χ0) is 10.6. The monoisotopic (exact) mass is 203 g/mol. The highest BCUT2D eigenvalue weighted by Crippen LogP contribution is 2.58. The van der Waals surface area contributed by atoms with Crippen molar-refractivity contribution in [1.82, 2.24) is 0 Å². The van der Waals surface area contributed by atoms with E-state index < -0.39 is 5.92 Å². The summed E-state index contributed by atoms with van der Waals surface area (Å²) in [6.07, 6.45) is 1.46. The third-order valence-corrected chi connectivity index (χ3v) is 4.27. The molecule has 14 heavy (non-hydrogen) atoms. The van der Waals surface area contributed by atoms with E-state index in [0.717, 1.165) is 0 Å². The zero-order valence-corrected chi connectivity index (χ0v) is 8.89. The normalized spacial score (nSPS) is 40.9. The first-order chi connectivity index (χ1) is 6.34. The Bertz CT molecular complexity index is 227. The second kappa shape index (κ2) is 2.91. The first kappa shape index (κ1) is 10.3. The average molecular weight is 203 g/mol. The maximum absolute atomic E-state index is 12.9. The number of nitrogens with two attached hydrogens (primary N) is 1. The molecule has 0 heterocycles. The molecule has 0 bridgehead atoms. The summed E-state index contributed by atoms with van der Waals surface area (Å²) in [5.41, 5.74) is 6.15. The van der Waals surface area contributed by atoms with Gasteiger partial charge in [-0.3, -0.25) is 0 Å². The molecule has 2 atom stereocenters. The predicted octanol–water partition coefficient (Wildman–Crippen LogP) is 2.80. The van der Waals surface area contributed by atoms with E-state index in [1.54, 1.807) is 0 Å². The van der Waals surface area contributed by atoms with Crippen molar-refractivity contribution >= 4 is 0 Å². The molecule has 2 aliphatic rings. The van der Waals surface area contributed by atoms with Crippen molar-refractivity contribution in [3.8, 4) is 0 Å². The summed E-state index contributed by atoms with van der Waals surface area (Å²) in [7, 11) is 0. The molecular weight excluding hydrogens is 184 g/mol. The quantitative estimate of drug-likeness (QED) is 0.696. The van der Waals surface area contributed by atoms with E-state index in [1.807, 2.05) is 0 Å². The largest absolute Gasteiger partial charge is 0.327 e. The lowest BCUT2D eigenvalue weighted by Crippen LogP contribution is -2.26. The summed E-state index contributed by atoms with van der Waals surface area (Å²) >= 11 is 0. The van der Waals surface area contributed by atoms with Gasteiger partial charge in [0.05, 0.1) is 0 Å². The van der Waals surface area contributed by atoms with Gasteiger partial charge in [-0.2, -0.15) is 0 Å². The summed E-state index contributed by atoms with van der Waals surface area (Å²) in [5, 5.41) is 0. The molecule has 0 aliphatic heterocycles. The molecule has 0 spiro atoms. The summed E-state index contributed by atoms with van der Waals surface area (Å²) in [4.78, 5) is 0. The SMILES string of the molecule is CC1(C)[C@H](N)[C@H]1C1CCC(F)(F)CC1. The van der Waals surface area contributed by atoms with Gasteiger partial charge >= 0.3 is 0 Å². The van der Waals surface area contributed by atoms with Crippen LogP contribution in [0, 0.1) is 17.3 Å². The predicted molar refractivity (Wildman–Crippen MR) is 52.2 cm³/mol. The van der Waals surface area contributed by atoms with Crippen LogP contribution in [0.15, 0.2) is 0 Å². The van der Waals surface area contributed by atoms with Gasteiger partial charge < -0.3 is 5.73 Å². The van der Waals surface area contributed by atoms with E-state index in [1.165, 1.54) is 0 Å². The number of hydrogen-bond acceptors (Lipinski definition) is 1. The molecule has 2 N–H and O–H groups in total. The molecule has 0 aromatic heterocycles. The Labute approximate surface area is 84.0 Å². The van der Waals surface area contributed by atoms with Gasteiger partial charge in [-0.1, -0.05) is 13.8 Å². The molecule has 82 valence electrons. The second-order valence-electron chi connectivity index (χ2n) is 5.57. The highest BCUT2D eigenvalue weighted by molar-refractivity contribution is 5.11. The minimum absolute atomic E-state index is 0.0664. The van der Waals surface area contributed by atoms with Gasteiger partial charge in [0.15, 0.2) is 0 Å². The Morgan fingerprint density at radius 1 is 1.14 bits per heavy atom. The lowest BCUT2D eigenvalue weighted by Gasteiger charge is -2.29. The average Bonchev–Trinajstić information content (AvgIpc) is 2.54. The second-order valence-corrected chi connectivity index (χ2v) is 5.57. The number of halogens is 2. The standard InChI is InChI=1S/C11H19F2N/c1-10(2)8(9(10)14)7-3-5-11(12,13)6-4-7/h7-9H,3-6,14H2,1-2H3/t8-,9-/m1/s1. The fraction of sp³-hybridized carbons (Fsp3) is 1.00. The molecule has 2 saturated carbocycles. The van der Waals surface area contributed by atoms with Crippen LogP contribution in [-0.2, 0) is 0 Å². The van der Waals surface area contributed by atoms with Crippen molar-refractivity contribution in [2.45, 2.75) is 51.5 Å². The first-order valence-electron chi connectivity index (χ1n) is 5.48. The molecule has 0 aromatic carbocycles. The molecule has 2 fully saturated rings. The maximum Gasteiger partial charge on any atom is 0.248 e. The van der Waals surface area contributed by atoms with Crippen LogP contribution in [0.25, 0.3) is 0 Å². The fourth-order valence-electron chi connectivity index (χ4n) is 3.04.